The molecule has 3 N–H and O–H groups in total. The van der Waals surface area contributed by atoms with E-state index in [1.54, 1.807) is 0 Å². The van der Waals surface area contributed by atoms with E-state index in [0.717, 1.165) is 12.0 Å². The van der Waals surface area contributed by atoms with E-state index in [-0.39, 0.29) is 0 Å². The van der Waals surface area contributed by atoms with Gasteiger partial charge >= 0.3 is 0 Å². The van der Waals surface area contributed by atoms with E-state index in [1.807, 2.05) is 0 Å². The van der Waals surface area contributed by atoms with Crippen molar-refractivity contribution in [3.05, 3.63) is 0 Å². The summed E-state index contributed by atoms with van der Waals surface area (Å²) in [6.07, 6.45) is 11.6. The summed E-state index contributed by atoms with van der Waals surface area (Å²) in [6, 6.07) is 2.26. The molecule has 1 atom stereocenters. The molecule has 96 valence electrons. The van der Waals surface area contributed by atoms with Crippen molar-refractivity contribution in [2.75, 3.05) is 0 Å². The van der Waals surface area contributed by atoms with E-state index in [4.69, 9.17) is 0 Å². The van der Waals surface area contributed by atoms with Gasteiger partial charge in [-0.1, -0.05) is 51.4 Å². The van der Waals surface area contributed by atoms with Gasteiger partial charge in [-0.3, -0.25) is 0 Å². The summed E-state index contributed by atoms with van der Waals surface area (Å²) in [6.45, 7) is 7.45. The predicted octanol–water partition coefficient (Wildman–Crippen LogP) is 3.69. The van der Waals surface area contributed by atoms with Crippen LogP contribution in [-0.2, 0) is 0 Å². The van der Waals surface area contributed by atoms with Crippen LogP contribution in [0.5, 0.6) is 0 Å². The molecule has 1 saturated carbocycles. The van der Waals surface area contributed by atoms with Gasteiger partial charge in [0.2, 0.25) is 0 Å². The van der Waals surface area contributed by atoms with E-state index in [0.29, 0.717) is 0 Å². The van der Waals surface area contributed by atoms with Crippen molar-refractivity contribution in [1.29, 1.82) is 0 Å². The number of unbranched alkanes of at least 4 members (excludes halogenated alkanes) is 1. The predicted molar refractivity (Wildman–Crippen MR) is 75.3 cm³/mol. The summed E-state index contributed by atoms with van der Waals surface area (Å²) < 4.78 is 0. The molecule has 0 amide bonds. The van der Waals surface area contributed by atoms with Crippen LogP contribution in [0.25, 0.3) is 0 Å². The highest BCUT2D eigenvalue weighted by Gasteiger charge is 2.23. The minimum atomic E-state index is -0.789. The molecular weight excluding hydrogens is 210 g/mol. The fraction of sp³-hybridized carbons (Fsp3) is 1.00. The smallest absolute Gasteiger partial charge is 0.0872 e. The second kappa shape index (κ2) is 6.80. The van der Waals surface area contributed by atoms with Gasteiger partial charge in [0.1, 0.15) is 0 Å². The van der Waals surface area contributed by atoms with Gasteiger partial charge in [0, 0.05) is 14.0 Å². The lowest BCUT2D eigenvalue weighted by Gasteiger charge is -2.25. The first kappa shape index (κ1) is 14.2. The van der Waals surface area contributed by atoms with Gasteiger partial charge in [-0.2, -0.15) is 0 Å². The van der Waals surface area contributed by atoms with E-state index in [9.17, 15) is 0 Å². The summed E-state index contributed by atoms with van der Waals surface area (Å²) in [7, 11) is -0.789. The standard InChI is InChI=1S/C14H31NSi/c1-16(2,3)12-8-7-11-14(15)13-9-5-4-6-10-13/h13-14H,4-12,15H2,1-3H3/p+1. The van der Waals surface area contributed by atoms with Crippen molar-refractivity contribution in [2.24, 2.45) is 5.92 Å². The van der Waals surface area contributed by atoms with E-state index < -0.39 is 8.07 Å². The zero-order valence-corrected chi connectivity index (χ0v) is 12.7. The first-order chi connectivity index (χ1) is 7.49. The fourth-order valence-corrected chi connectivity index (χ4v) is 4.21. The Kier molecular flexibility index (Phi) is 6.05. The second-order valence-corrected chi connectivity index (χ2v) is 12.6. The molecule has 0 aromatic rings. The zero-order chi connectivity index (χ0) is 12.0. The van der Waals surface area contributed by atoms with Crippen molar-refractivity contribution in [2.45, 2.75) is 83.1 Å². The molecule has 1 aliphatic carbocycles. The van der Waals surface area contributed by atoms with Crippen LogP contribution < -0.4 is 5.73 Å². The number of rotatable bonds is 6. The number of hydrogen-bond donors (Lipinski definition) is 1. The largest absolute Gasteiger partial charge is 0.355 e. The monoisotopic (exact) mass is 242 g/mol. The summed E-state index contributed by atoms with van der Waals surface area (Å²) in [5.41, 5.74) is 4.41. The highest BCUT2D eigenvalue weighted by molar-refractivity contribution is 6.76. The highest BCUT2D eigenvalue weighted by atomic mass is 28.3. The summed E-state index contributed by atoms with van der Waals surface area (Å²) in [4.78, 5) is 0. The molecule has 0 aliphatic heterocycles. The van der Waals surface area contributed by atoms with Gasteiger partial charge < -0.3 is 5.73 Å². The molecule has 1 fully saturated rings. The Labute approximate surface area is 103 Å². The van der Waals surface area contributed by atoms with Crippen LogP contribution in [0, 0.1) is 5.92 Å². The summed E-state index contributed by atoms with van der Waals surface area (Å²) in [5, 5.41) is 0. The van der Waals surface area contributed by atoms with Gasteiger partial charge in [-0.15, -0.1) is 0 Å². The molecule has 0 bridgehead atoms. The van der Waals surface area contributed by atoms with Crippen molar-refractivity contribution in [1.82, 2.24) is 0 Å². The van der Waals surface area contributed by atoms with Gasteiger partial charge in [0.25, 0.3) is 0 Å². The van der Waals surface area contributed by atoms with E-state index >= 15 is 0 Å². The molecule has 0 radical (unpaired) electrons. The summed E-state index contributed by atoms with van der Waals surface area (Å²) in [5.74, 6) is 0.959. The molecule has 2 heteroatoms. The third-order valence-corrected chi connectivity index (χ3v) is 5.92. The lowest BCUT2D eigenvalue weighted by atomic mass is 9.82. The Bertz CT molecular complexity index is 180. The minimum absolute atomic E-state index is 0.752. The second-order valence-electron chi connectivity index (χ2n) is 6.96. The Hall–Kier alpha value is 0.177. The zero-order valence-electron chi connectivity index (χ0n) is 11.7. The topological polar surface area (TPSA) is 27.6 Å². The van der Waals surface area contributed by atoms with Crippen molar-refractivity contribution < 1.29 is 5.73 Å². The van der Waals surface area contributed by atoms with Crippen molar-refractivity contribution in [3.63, 3.8) is 0 Å². The molecule has 16 heavy (non-hydrogen) atoms. The minimum Gasteiger partial charge on any atom is -0.355 e. The Morgan fingerprint density at radius 2 is 1.69 bits per heavy atom. The Morgan fingerprint density at radius 3 is 2.25 bits per heavy atom. The average Bonchev–Trinajstić information content (AvgIpc) is 2.24. The van der Waals surface area contributed by atoms with Crippen LogP contribution in [-0.4, -0.2) is 14.1 Å². The normalized spacial score (nSPS) is 21.0. The Balaban J connectivity index is 2.07. The molecule has 0 heterocycles. The fourth-order valence-electron chi connectivity index (χ4n) is 2.90. The molecule has 0 aromatic carbocycles. The number of hydrogen-bond acceptors (Lipinski definition) is 0. The third kappa shape index (κ3) is 6.05. The SMILES string of the molecule is C[Si](C)(C)CCCCC([NH3+])C1CCCCC1. The first-order valence-electron chi connectivity index (χ1n) is 7.32. The van der Waals surface area contributed by atoms with E-state index in [2.05, 4.69) is 25.4 Å². The Morgan fingerprint density at radius 1 is 1.06 bits per heavy atom. The van der Waals surface area contributed by atoms with Gasteiger partial charge in [0.05, 0.1) is 6.04 Å². The molecule has 1 unspecified atom stereocenters. The molecule has 0 spiro atoms. The van der Waals surface area contributed by atoms with Crippen LogP contribution in [0.4, 0.5) is 0 Å². The van der Waals surface area contributed by atoms with Crippen LogP contribution in [0.3, 0.4) is 0 Å². The quantitative estimate of drug-likeness (QED) is 0.543. The van der Waals surface area contributed by atoms with Gasteiger partial charge in [0.15, 0.2) is 0 Å². The van der Waals surface area contributed by atoms with Gasteiger partial charge in [-0.25, -0.2) is 0 Å². The molecule has 1 nitrogen and oxygen atoms in total. The highest BCUT2D eigenvalue weighted by Crippen LogP contribution is 2.27. The molecule has 0 aromatic heterocycles. The van der Waals surface area contributed by atoms with Crippen LogP contribution in [0.2, 0.25) is 25.7 Å². The van der Waals surface area contributed by atoms with Crippen molar-refractivity contribution >= 4 is 8.07 Å². The lowest BCUT2D eigenvalue weighted by molar-refractivity contribution is -0.436. The average molecular weight is 243 g/mol. The van der Waals surface area contributed by atoms with Crippen molar-refractivity contribution in [3.8, 4) is 0 Å². The number of quaternary nitrogens is 1. The third-order valence-electron chi connectivity index (χ3n) is 4.07. The lowest BCUT2D eigenvalue weighted by Crippen LogP contribution is -2.64. The maximum atomic E-state index is 4.41. The summed E-state index contributed by atoms with van der Waals surface area (Å²) >= 11 is 0. The van der Waals surface area contributed by atoms with Gasteiger partial charge in [-0.05, 0) is 25.7 Å². The van der Waals surface area contributed by atoms with Crippen LogP contribution in [0.15, 0.2) is 0 Å². The molecule has 1 rings (SSSR count). The molecule has 1 aliphatic rings. The first-order valence-corrected chi connectivity index (χ1v) is 11.0. The van der Waals surface area contributed by atoms with E-state index in [1.165, 1.54) is 57.4 Å². The maximum absolute atomic E-state index is 4.41. The van der Waals surface area contributed by atoms with Crippen LogP contribution >= 0.6 is 0 Å². The molecular formula is C14H32NSi+. The maximum Gasteiger partial charge on any atom is 0.0872 e. The van der Waals surface area contributed by atoms with Crippen LogP contribution in [0.1, 0.15) is 51.4 Å². The molecule has 0 saturated heterocycles.